The first kappa shape index (κ1) is 19.2. The summed E-state index contributed by atoms with van der Waals surface area (Å²) in [6.07, 6.45) is 14.5. The van der Waals surface area contributed by atoms with Crippen LogP contribution in [0, 0.1) is 5.92 Å². The molecule has 0 radical (unpaired) electrons. The Morgan fingerprint density at radius 2 is 1.83 bits per heavy atom. The first-order valence-corrected chi connectivity index (χ1v) is 11.8. The van der Waals surface area contributed by atoms with Crippen LogP contribution in [0.1, 0.15) is 72.1 Å². The summed E-state index contributed by atoms with van der Waals surface area (Å²) < 4.78 is 19.3. The molecule has 1 saturated heterocycles. The van der Waals surface area contributed by atoms with Gasteiger partial charge in [0.2, 0.25) is 0 Å². The monoisotopic (exact) mass is 340 g/mol. The number of hydrogen-bond donors (Lipinski definition) is 0. The zero-order valence-electron chi connectivity index (χ0n) is 15.4. The van der Waals surface area contributed by atoms with Gasteiger partial charge in [-0.1, -0.05) is 25.0 Å². The fourth-order valence-corrected chi connectivity index (χ4v) is 8.95. The summed E-state index contributed by atoms with van der Waals surface area (Å²) in [5, 5.41) is -0.132. The first-order valence-electron chi connectivity index (χ1n) is 9.78. The molecule has 4 heteroatoms. The molecule has 0 aromatic rings. The van der Waals surface area contributed by atoms with E-state index in [9.17, 15) is 0 Å². The molecular weight excluding hydrogens is 304 g/mol. The highest BCUT2D eigenvalue weighted by Gasteiger charge is 2.59. The van der Waals surface area contributed by atoms with Gasteiger partial charge in [0.15, 0.2) is 0 Å². The Morgan fingerprint density at radius 1 is 1.04 bits per heavy atom. The van der Waals surface area contributed by atoms with Crippen LogP contribution >= 0.6 is 0 Å². The van der Waals surface area contributed by atoms with Crippen LogP contribution in [0.2, 0.25) is 6.04 Å². The van der Waals surface area contributed by atoms with E-state index in [0.29, 0.717) is 0 Å². The van der Waals surface area contributed by atoms with Crippen molar-refractivity contribution < 1.29 is 13.6 Å². The SMILES string of the molecule is CCOC1(CCC2CC=CCC2)CCCC[Si]1(OCC)OCC. The molecular formula is C19H36O3Si. The van der Waals surface area contributed by atoms with Gasteiger partial charge in [0.1, 0.15) is 5.22 Å². The highest BCUT2D eigenvalue weighted by Crippen LogP contribution is 2.45. The summed E-state index contributed by atoms with van der Waals surface area (Å²) in [6, 6.07) is 1.10. The van der Waals surface area contributed by atoms with E-state index in [1.165, 1.54) is 38.5 Å². The summed E-state index contributed by atoms with van der Waals surface area (Å²) >= 11 is 0. The van der Waals surface area contributed by atoms with Crippen molar-refractivity contribution in [2.45, 2.75) is 83.4 Å². The van der Waals surface area contributed by atoms with E-state index < -0.39 is 8.56 Å². The van der Waals surface area contributed by atoms with E-state index in [-0.39, 0.29) is 5.22 Å². The van der Waals surface area contributed by atoms with E-state index in [1.807, 2.05) is 0 Å². The maximum Gasteiger partial charge on any atom is 0.371 e. The highest BCUT2D eigenvalue weighted by molar-refractivity contribution is 6.70. The Morgan fingerprint density at radius 3 is 2.43 bits per heavy atom. The van der Waals surface area contributed by atoms with Gasteiger partial charge in [-0.15, -0.1) is 0 Å². The molecule has 1 heterocycles. The number of rotatable bonds is 9. The Balaban J connectivity index is 2.16. The lowest BCUT2D eigenvalue weighted by molar-refractivity contribution is -0.0487. The van der Waals surface area contributed by atoms with E-state index in [0.717, 1.165) is 44.6 Å². The fourth-order valence-electron chi connectivity index (χ4n) is 4.50. The molecule has 0 spiro atoms. The Labute approximate surface area is 144 Å². The summed E-state index contributed by atoms with van der Waals surface area (Å²) in [5.74, 6) is 0.814. The topological polar surface area (TPSA) is 27.7 Å². The molecule has 0 bridgehead atoms. The average molecular weight is 341 g/mol. The molecule has 2 atom stereocenters. The van der Waals surface area contributed by atoms with E-state index in [4.69, 9.17) is 13.6 Å². The quantitative estimate of drug-likeness (QED) is 0.430. The second-order valence-corrected chi connectivity index (χ2v) is 10.4. The molecule has 0 aromatic carbocycles. The molecule has 0 aromatic heterocycles. The molecule has 1 fully saturated rings. The van der Waals surface area contributed by atoms with Crippen LogP contribution in [-0.2, 0) is 13.6 Å². The van der Waals surface area contributed by atoms with Crippen molar-refractivity contribution >= 4 is 8.56 Å². The van der Waals surface area contributed by atoms with Gasteiger partial charge in [0.25, 0.3) is 0 Å². The predicted molar refractivity (Wildman–Crippen MR) is 97.7 cm³/mol. The maximum atomic E-state index is 6.48. The zero-order chi connectivity index (χ0) is 16.6. The molecule has 2 unspecified atom stereocenters. The molecule has 23 heavy (non-hydrogen) atoms. The lowest BCUT2D eigenvalue weighted by atomic mass is 9.88. The minimum absolute atomic E-state index is 0.132. The van der Waals surface area contributed by atoms with Crippen molar-refractivity contribution in [2.24, 2.45) is 5.92 Å². The molecule has 0 amide bonds. The predicted octanol–water partition coefficient (Wildman–Crippen LogP) is 5.14. The third kappa shape index (κ3) is 4.47. The van der Waals surface area contributed by atoms with Crippen molar-refractivity contribution in [3.63, 3.8) is 0 Å². The zero-order valence-corrected chi connectivity index (χ0v) is 16.4. The van der Waals surface area contributed by atoms with Gasteiger partial charge in [0.05, 0.1) is 0 Å². The third-order valence-corrected chi connectivity index (χ3v) is 10.1. The second-order valence-electron chi connectivity index (χ2n) is 6.94. The molecule has 0 saturated carbocycles. The minimum Gasteiger partial charge on any atom is -0.393 e. The normalized spacial score (nSPS) is 30.5. The molecule has 1 aliphatic carbocycles. The summed E-state index contributed by atoms with van der Waals surface area (Å²) in [5.41, 5.74) is 0. The summed E-state index contributed by atoms with van der Waals surface area (Å²) in [6.45, 7) is 8.58. The lowest BCUT2D eigenvalue weighted by Gasteiger charge is -2.50. The minimum atomic E-state index is -2.31. The van der Waals surface area contributed by atoms with E-state index in [2.05, 4.69) is 32.9 Å². The van der Waals surface area contributed by atoms with Crippen LogP contribution in [0.3, 0.4) is 0 Å². The van der Waals surface area contributed by atoms with Crippen LogP contribution in [0.4, 0.5) is 0 Å². The Hall–Kier alpha value is -0.163. The van der Waals surface area contributed by atoms with Gasteiger partial charge >= 0.3 is 8.56 Å². The Kier molecular flexibility index (Phi) is 7.79. The maximum absolute atomic E-state index is 6.48. The number of ether oxygens (including phenoxy) is 1. The van der Waals surface area contributed by atoms with Crippen molar-refractivity contribution in [1.82, 2.24) is 0 Å². The van der Waals surface area contributed by atoms with Gasteiger partial charge in [-0.2, -0.15) is 0 Å². The lowest BCUT2D eigenvalue weighted by Crippen LogP contribution is -2.66. The van der Waals surface area contributed by atoms with Crippen molar-refractivity contribution in [2.75, 3.05) is 19.8 Å². The van der Waals surface area contributed by atoms with Gasteiger partial charge in [-0.25, -0.2) is 0 Å². The largest absolute Gasteiger partial charge is 0.393 e. The number of allylic oxidation sites excluding steroid dienone is 2. The number of hydrogen-bond acceptors (Lipinski definition) is 3. The van der Waals surface area contributed by atoms with Crippen molar-refractivity contribution in [3.8, 4) is 0 Å². The van der Waals surface area contributed by atoms with Gasteiger partial charge < -0.3 is 13.6 Å². The van der Waals surface area contributed by atoms with Gasteiger partial charge in [-0.3, -0.25) is 0 Å². The van der Waals surface area contributed by atoms with Crippen molar-refractivity contribution in [1.29, 1.82) is 0 Å². The summed E-state index contributed by atoms with van der Waals surface area (Å²) in [4.78, 5) is 0. The summed E-state index contributed by atoms with van der Waals surface area (Å²) in [7, 11) is -2.31. The molecule has 2 aliphatic rings. The Bertz CT molecular complexity index is 356. The van der Waals surface area contributed by atoms with Crippen LogP contribution < -0.4 is 0 Å². The van der Waals surface area contributed by atoms with E-state index >= 15 is 0 Å². The molecule has 0 N–H and O–H groups in total. The fraction of sp³-hybridized carbons (Fsp3) is 0.895. The van der Waals surface area contributed by atoms with Crippen LogP contribution in [-0.4, -0.2) is 33.6 Å². The van der Waals surface area contributed by atoms with E-state index in [1.54, 1.807) is 0 Å². The molecule has 1 aliphatic heterocycles. The third-order valence-electron chi connectivity index (χ3n) is 5.54. The average Bonchev–Trinajstić information content (AvgIpc) is 2.57. The van der Waals surface area contributed by atoms with Crippen LogP contribution in [0.25, 0.3) is 0 Å². The second kappa shape index (κ2) is 9.35. The standard InChI is InChI=1S/C19H36O3Si/c1-4-20-19(16-14-18-12-8-7-9-13-18)15-10-11-17-23(19,21-5-2)22-6-3/h7-8,18H,4-6,9-17H2,1-3H3. The highest BCUT2D eigenvalue weighted by atomic mass is 28.4. The van der Waals surface area contributed by atoms with Gasteiger partial charge in [-0.05, 0) is 71.3 Å². The molecule has 2 rings (SSSR count). The van der Waals surface area contributed by atoms with Crippen LogP contribution in [0.15, 0.2) is 12.2 Å². The first-order chi connectivity index (χ1) is 11.2. The molecule has 3 nitrogen and oxygen atoms in total. The molecule has 134 valence electrons. The van der Waals surface area contributed by atoms with Gasteiger partial charge in [0, 0.05) is 19.8 Å². The van der Waals surface area contributed by atoms with Crippen molar-refractivity contribution in [3.05, 3.63) is 12.2 Å². The smallest absolute Gasteiger partial charge is 0.371 e. The van der Waals surface area contributed by atoms with Crippen LogP contribution in [0.5, 0.6) is 0 Å².